The zero-order valence-corrected chi connectivity index (χ0v) is 16.1. The van der Waals surface area contributed by atoms with Crippen LogP contribution in [0, 0.1) is 0 Å². The van der Waals surface area contributed by atoms with E-state index in [2.05, 4.69) is 20.9 Å². The monoisotopic (exact) mass is 395 g/mol. The van der Waals surface area contributed by atoms with Crippen molar-refractivity contribution in [3.8, 4) is 0 Å². The summed E-state index contributed by atoms with van der Waals surface area (Å²) in [6.45, 7) is 0.627. The van der Waals surface area contributed by atoms with E-state index in [4.69, 9.17) is 5.73 Å². The molecule has 1 aliphatic rings. The Balaban J connectivity index is 1.85. The third-order valence-corrected chi connectivity index (χ3v) is 5.26. The molecule has 1 aromatic heterocycles. The Bertz CT molecular complexity index is 874. The number of amides is 3. The first kappa shape index (κ1) is 20.3. The molecule has 2 unspecified atom stereocenters. The summed E-state index contributed by atoms with van der Waals surface area (Å²) >= 11 is 0. The second-order valence-corrected chi connectivity index (χ2v) is 7.28. The van der Waals surface area contributed by atoms with Gasteiger partial charge in [-0.25, -0.2) is 0 Å². The molecule has 0 bridgehead atoms. The summed E-state index contributed by atoms with van der Waals surface area (Å²) in [5.74, 6) is -1.89. The fourth-order valence-electron chi connectivity index (χ4n) is 3.84. The molecular weight excluding hydrogens is 370 g/mol. The number of pyridine rings is 1. The molecule has 0 spiro atoms. The standard InChI is InChI=1S/C21H25N5O3/c22-19(28)20(29)26-21(8-4-7-17(10-21)25-14-27)16-9-18(13-23-12-16)24-11-15-5-2-1-3-6-15/h1-3,5-6,9,12-14,17,24H,4,7-8,10-11H2,(H2,22,28)(H,25,27)(H,26,29). The lowest BCUT2D eigenvalue weighted by molar-refractivity contribution is -0.139. The minimum Gasteiger partial charge on any atom is -0.380 e. The molecule has 1 fully saturated rings. The SMILES string of the molecule is NC(=O)C(=O)NC1(c2cncc(NCc3ccccc3)c2)CCCC(NC=O)C1. The summed E-state index contributed by atoms with van der Waals surface area (Å²) in [6, 6.07) is 11.8. The quantitative estimate of drug-likeness (QED) is 0.414. The normalized spacial score (nSPS) is 21.0. The van der Waals surface area contributed by atoms with E-state index >= 15 is 0 Å². The zero-order chi connectivity index (χ0) is 20.7. The van der Waals surface area contributed by atoms with Gasteiger partial charge in [0.1, 0.15) is 0 Å². The summed E-state index contributed by atoms with van der Waals surface area (Å²) < 4.78 is 0. The van der Waals surface area contributed by atoms with E-state index in [-0.39, 0.29) is 6.04 Å². The lowest BCUT2D eigenvalue weighted by Crippen LogP contribution is -2.55. The second kappa shape index (κ2) is 9.18. The summed E-state index contributed by atoms with van der Waals surface area (Å²) in [7, 11) is 0. The maximum atomic E-state index is 12.1. The van der Waals surface area contributed by atoms with Crippen molar-refractivity contribution in [1.82, 2.24) is 15.6 Å². The first-order valence-corrected chi connectivity index (χ1v) is 9.57. The Kier molecular flexibility index (Phi) is 6.43. The summed E-state index contributed by atoms with van der Waals surface area (Å²) in [6.07, 6.45) is 6.69. The van der Waals surface area contributed by atoms with E-state index in [0.29, 0.717) is 25.8 Å². The van der Waals surface area contributed by atoms with Crippen molar-refractivity contribution in [1.29, 1.82) is 0 Å². The van der Waals surface area contributed by atoms with Gasteiger partial charge >= 0.3 is 11.8 Å². The molecule has 1 heterocycles. The molecule has 8 nitrogen and oxygen atoms in total. The number of hydrogen-bond donors (Lipinski definition) is 4. The molecule has 29 heavy (non-hydrogen) atoms. The van der Waals surface area contributed by atoms with Crippen LogP contribution in [0.1, 0.15) is 36.8 Å². The molecule has 3 rings (SSSR count). The average molecular weight is 395 g/mol. The first-order chi connectivity index (χ1) is 14.0. The number of anilines is 1. The van der Waals surface area contributed by atoms with E-state index in [1.54, 1.807) is 12.4 Å². The molecule has 152 valence electrons. The third kappa shape index (κ3) is 5.10. The fourth-order valence-corrected chi connectivity index (χ4v) is 3.84. The van der Waals surface area contributed by atoms with Crippen molar-refractivity contribution in [3.63, 3.8) is 0 Å². The number of primary amides is 1. The molecule has 8 heteroatoms. The topological polar surface area (TPSA) is 126 Å². The van der Waals surface area contributed by atoms with Gasteiger partial charge in [-0.2, -0.15) is 0 Å². The number of rotatable bonds is 7. The highest BCUT2D eigenvalue weighted by molar-refractivity contribution is 6.34. The van der Waals surface area contributed by atoms with Gasteiger partial charge in [-0.3, -0.25) is 19.4 Å². The van der Waals surface area contributed by atoms with Crippen molar-refractivity contribution in [2.75, 3.05) is 5.32 Å². The number of nitrogens with zero attached hydrogens (tertiary/aromatic N) is 1. The van der Waals surface area contributed by atoms with Crippen LogP contribution in [0.4, 0.5) is 5.69 Å². The third-order valence-electron chi connectivity index (χ3n) is 5.26. The summed E-state index contributed by atoms with van der Waals surface area (Å²) in [5.41, 5.74) is 7.03. The highest BCUT2D eigenvalue weighted by Crippen LogP contribution is 2.38. The van der Waals surface area contributed by atoms with Crippen LogP contribution in [-0.4, -0.2) is 29.3 Å². The molecule has 1 aliphatic carbocycles. The molecule has 0 saturated heterocycles. The van der Waals surface area contributed by atoms with Gasteiger partial charge < -0.3 is 21.7 Å². The smallest absolute Gasteiger partial charge is 0.309 e. The number of nitrogens with one attached hydrogen (secondary N) is 3. The van der Waals surface area contributed by atoms with Crippen LogP contribution in [0.2, 0.25) is 0 Å². The second-order valence-electron chi connectivity index (χ2n) is 7.28. The highest BCUT2D eigenvalue weighted by atomic mass is 16.2. The Labute approximate surface area is 169 Å². The van der Waals surface area contributed by atoms with Crippen LogP contribution >= 0.6 is 0 Å². The van der Waals surface area contributed by atoms with E-state index in [9.17, 15) is 14.4 Å². The predicted molar refractivity (Wildman–Crippen MR) is 108 cm³/mol. The Morgan fingerprint density at radius 2 is 2.03 bits per heavy atom. The lowest BCUT2D eigenvalue weighted by atomic mass is 9.74. The van der Waals surface area contributed by atoms with Crippen LogP contribution in [0.15, 0.2) is 48.8 Å². The molecule has 1 saturated carbocycles. The van der Waals surface area contributed by atoms with Crippen LogP contribution in [0.25, 0.3) is 0 Å². The van der Waals surface area contributed by atoms with Crippen molar-refractivity contribution < 1.29 is 14.4 Å². The van der Waals surface area contributed by atoms with Gasteiger partial charge in [-0.15, -0.1) is 0 Å². The van der Waals surface area contributed by atoms with E-state index < -0.39 is 17.4 Å². The number of carbonyl (C=O) groups is 3. The van der Waals surface area contributed by atoms with Crippen LogP contribution in [0.5, 0.6) is 0 Å². The van der Waals surface area contributed by atoms with Crippen molar-refractivity contribution >= 4 is 23.9 Å². The molecular formula is C21H25N5O3. The molecule has 1 aromatic carbocycles. The minimum atomic E-state index is -1.04. The van der Waals surface area contributed by atoms with E-state index in [1.807, 2.05) is 36.4 Å². The number of carbonyl (C=O) groups excluding carboxylic acids is 3. The van der Waals surface area contributed by atoms with Crippen molar-refractivity contribution in [2.45, 2.75) is 43.8 Å². The Morgan fingerprint density at radius 1 is 1.24 bits per heavy atom. The largest absolute Gasteiger partial charge is 0.380 e. The van der Waals surface area contributed by atoms with Gasteiger partial charge in [-0.05, 0) is 42.9 Å². The summed E-state index contributed by atoms with van der Waals surface area (Å²) in [4.78, 5) is 38.8. The molecule has 0 aliphatic heterocycles. The number of nitrogens with two attached hydrogens (primary N) is 1. The van der Waals surface area contributed by atoms with Crippen molar-refractivity contribution in [2.24, 2.45) is 5.73 Å². The molecule has 5 N–H and O–H groups in total. The molecule has 2 atom stereocenters. The molecule has 3 amide bonds. The van der Waals surface area contributed by atoms with Gasteiger partial charge in [0.05, 0.1) is 11.2 Å². The Hall–Kier alpha value is -3.42. The van der Waals surface area contributed by atoms with Gasteiger partial charge in [0.15, 0.2) is 0 Å². The lowest BCUT2D eigenvalue weighted by Gasteiger charge is -2.41. The van der Waals surface area contributed by atoms with Gasteiger partial charge in [0, 0.05) is 25.0 Å². The minimum absolute atomic E-state index is 0.115. The number of benzene rings is 1. The maximum absolute atomic E-state index is 12.1. The van der Waals surface area contributed by atoms with Crippen molar-refractivity contribution in [3.05, 3.63) is 59.9 Å². The van der Waals surface area contributed by atoms with E-state index in [0.717, 1.165) is 29.7 Å². The van der Waals surface area contributed by atoms with Crippen LogP contribution in [0.3, 0.4) is 0 Å². The Morgan fingerprint density at radius 3 is 2.76 bits per heavy atom. The molecule has 0 radical (unpaired) electrons. The van der Waals surface area contributed by atoms with Crippen LogP contribution < -0.4 is 21.7 Å². The zero-order valence-electron chi connectivity index (χ0n) is 16.1. The number of aromatic nitrogens is 1. The van der Waals surface area contributed by atoms with E-state index in [1.165, 1.54) is 0 Å². The summed E-state index contributed by atoms with van der Waals surface area (Å²) in [5, 5.41) is 8.92. The van der Waals surface area contributed by atoms with Gasteiger partial charge in [0.2, 0.25) is 6.41 Å². The number of hydrogen-bond acceptors (Lipinski definition) is 5. The fraction of sp³-hybridized carbons (Fsp3) is 0.333. The van der Waals surface area contributed by atoms with Gasteiger partial charge in [-0.1, -0.05) is 30.3 Å². The predicted octanol–water partition coefficient (Wildman–Crippen LogP) is 1.18. The average Bonchev–Trinajstić information content (AvgIpc) is 2.73. The first-order valence-electron chi connectivity index (χ1n) is 9.57. The maximum Gasteiger partial charge on any atom is 0.309 e. The highest BCUT2D eigenvalue weighted by Gasteiger charge is 2.40. The van der Waals surface area contributed by atoms with Gasteiger partial charge in [0.25, 0.3) is 0 Å². The van der Waals surface area contributed by atoms with Crippen LogP contribution in [-0.2, 0) is 26.5 Å². The molecule has 2 aromatic rings.